The molecule has 3 nitrogen and oxygen atoms in total. The van der Waals surface area contributed by atoms with E-state index in [1.807, 2.05) is 12.1 Å². The van der Waals surface area contributed by atoms with Crippen LogP contribution in [0.1, 0.15) is 33.3 Å². The zero-order valence-electron chi connectivity index (χ0n) is 11.1. The average Bonchev–Trinajstić information content (AvgIpc) is 2.26. The molecular weight excluding hydrogens is 212 g/mol. The molecule has 0 unspecified atom stereocenters. The van der Waals surface area contributed by atoms with Gasteiger partial charge in [0, 0.05) is 12.6 Å². The maximum Gasteiger partial charge on any atom is 0.0682 e. The van der Waals surface area contributed by atoms with Gasteiger partial charge in [0.05, 0.1) is 23.5 Å². The molecule has 1 heterocycles. The summed E-state index contributed by atoms with van der Waals surface area (Å²) in [5.74, 6) is 0. The highest BCUT2D eigenvalue weighted by Crippen LogP contribution is 2.38. The Balaban J connectivity index is 2.47. The average molecular weight is 234 g/mol. The lowest BCUT2D eigenvalue weighted by Gasteiger charge is -2.48. The first-order chi connectivity index (χ1) is 7.95. The van der Waals surface area contributed by atoms with Crippen molar-refractivity contribution in [3.8, 4) is 0 Å². The second kappa shape index (κ2) is 4.22. The van der Waals surface area contributed by atoms with Crippen LogP contribution in [0.25, 0.3) is 0 Å². The lowest BCUT2D eigenvalue weighted by molar-refractivity contribution is 0.282. The van der Waals surface area contributed by atoms with E-state index in [-0.39, 0.29) is 12.1 Å². The summed E-state index contributed by atoms with van der Waals surface area (Å²) >= 11 is 0. The third kappa shape index (κ3) is 2.12. The Morgan fingerprint density at radius 3 is 2.71 bits per heavy atom. The Hall–Kier alpha value is -1.22. The molecule has 1 aromatic carbocycles. The summed E-state index contributed by atoms with van der Waals surface area (Å²) in [4.78, 5) is 2.44. The van der Waals surface area contributed by atoms with Gasteiger partial charge in [-0.05, 0) is 45.4 Å². The number of aliphatic hydroxyl groups is 1. The van der Waals surface area contributed by atoms with Crippen molar-refractivity contribution in [2.45, 2.75) is 45.9 Å². The van der Waals surface area contributed by atoms with Crippen LogP contribution in [0.5, 0.6) is 0 Å². The van der Waals surface area contributed by atoms with E-state index >= 15 is 0 Å². The summed E-state index contributed by atoms with van der Waals surface area (Å²) in [6, 6.07) is 6.61. The van der Waals surface area contributed by atoms with Crippen LogP contribution in [-0.2, 0) is 6.61 Å². The Kier molecular flexibility index (Phi) is 3.04. The number of nitrogens with one attached hydrogen (secondary N) is 1. The molecule has 1 aromatic rings. The third-order valence-electron chi connectivity index (χ3n) is 3.38. The van der Waals surface area contributed by atoms with Crippen LogP contribution in [0.3, 0.4) is 0 Å². The van der Waals surface area contributed by atoms with Crippen molar-refractivity contribution in [1.29, 1.82) is 0 Å². The molecule has 0 fully saturated rings. The third-order valence-corrected chi connectivity index (χ3v) is 3.38. The van der Waals surface area contributed by atoms with E-state index in [2.05, 4.69) is 44.0 Å². The van der Waals surface area contributed by atoms with Gasteiger partial charge in [0.1, 0.15) is 0 Å². The number of aliphatic hydroxyl groups excluding tert-OH is 1. The van der Waals surface area contributed by atoms with Crippen molar-refractivity contribution < 1.29 is 5.11 Å². The van der Waals surface area contributed by atoms with Gasteiger partial charge >= 0.3 is 0 Å². The van der Waals surface area contributed by atoms with Crippen molar-refractivity contribution >= 4 is 11.4 Å². The van der Waals surface area contributed by atoms with Crippen LogP contribution >= 0.6 is 0 Å². The second-order valence-corrected chi connectivity index (χ2v) is 5.64. The van der Waals surface area contributed by atoms with Gasteiger partial charge in [-0.3, -0.25) is 0 Å². The molecule has 0 saturated heterocycles. The number of anilines is 2. The number of rotatable bonds is 2. The molecule has 0 atom stereocenters. The number of benzene rings is 1. The minimum absolute atomic E-state index is 0.0973. The summed E-state index contributed by atoms with van der Waals surface area (Å²) in [5.41, 5.74) is 3.43. The zero-order chi connectivity index (χ0) is 12.6. The van der Waals surface area contributed by atoms with E-state index in [9.17, 15) is 5.11 Å². The van der Waals surface area contributed by atoms with Crippen LogP contribution in [-0.4, -0.2) is 23.2 Å². The number of fused-ring (bicyclic) bond motifs is 1. The predicted molar refractivity (Wildman–Crippen MR) is 72.5 cm³/mol. The molecule has 0 aliphatic carbocycles. The van der Waals surface area contributed by atoms with E-state index < -0.39 is 0 Å². The normalized spacial score (nSPS) is 17.9. The highest BCUT2D eigenvalue weighted by Gasteiger charge is 2.34. The fourth-order valence-electron chi connectivity index (χ4n) is 2.73. The summed E-state index contributed by atoms with van der Waals surface area (Å²) < 4.78 is 0. The van der Waals surface area contributed by atoms with Crippen LogP contribution in [0, 0.1) is 0 Å². The van der Waals surface area contributed by atoms with Crippen molar-refractivity contribution in [2.24, 2.45) is 0 Å². The van der Waals surface area contributed by atoms with E-state index in [4.69, 9.17) is 0 Å². The van der Waals surface area contributed by atoms with Gasteiger partial charge in [-0.2, -0.15) is 0 Å². The number of hydrogen-bond donors (Lipinski definition) is 2. The highest BCUT2D eigenvalue weighted by molar-refractivity contribution is 5.74. The summed E-state index contributed by atoms with van der Waals surface area (Å²) in [6.45, 7) is 9.96. The van der Waals surface area contributed by atoms with Crippen LogP contribution in [0.15, 0.2) is 18.2 Å². The molecule has 0 spiro atoms. The predicted octanol–water partition coefficient (Wildman–Crippen LogP) is 2.60. The van der Waals surface area contributed by atoms with Gasteiger partial charge in [-0.1, -0.05) is 6.07 Å². The minimum atomic E-state index is 0.0973. The van der Waals surface area contributed by atoms with Crippen LogP contribution in [0.2, 0.25) is 0 Å². The molecule has 0 amide bonds. The zero-order valence-corrected chi connectivity index (χ0v) is 11.1. The number of hydrogen-bond acceptors (Lipinski definition) is 3. The lowest BCUT2D eigenvalue weighted by Crippen LogP contribution is -2.55. The molecule has 0 radical (unpaired) electrons. The van der Waals surface area contributed by atoms with Gasteiger partial charge in [-0.15, -0.1) is 0 Å². The fourth-order valence-corrected chi connectivity index (χ4v) is 2.73. The monoisotopic (exact) mass is 234 g/mol. The van der Waals surface area contributed by atoms with Crippen molar-refractivity contribution in [3.63, 3.8) is 0 Å². The van der Waals surface area contributed by atoms with Gasteiger partial charge in [0.25, 0.3) is 0 Å². The molecule has 0 saturated carbocycles. The first-order valence-electron chi connectivity index (χ1n) is 6.23. The Bertz CT molecular complexity index is 413. The smallest absolute Gasteiger partial charge is 0.0682 e. The summed E-state index contributed by atoms with van der Waals surface area (Å²) in [5, 5.41) is 12.6. The molecule has 0 bridgehead atoms. The van der Waals surface area contributed by atoms with Gasteiger partial charge < -0.3 is 15.3 Å². The molecule has 1 aliphatic rings. The Morgan fingerprint density at radius 1 is 1.41 bits per heavy atom. The molecule has 3 heteroatoms. The molecule has 94 valence electrons. The quantitative estimate of drug-likeness (QED) is 0.825. The van der Waals surface area contributed by atoms with Crippen molar-refractivity contribution in [2.75, 3.05) is 16.8 Å². The maximum absolute atomic E-state index is 9.18. The second-order valence-electron chi connectivity index (χ2n) is 5.64. The molecule has 2 rings (SSSR count). The minimum Gasteiger partial charge on any atom is -0.392 e. The topological polar surface area (TPSA) is 35.5 Å². The van der Waals surface area contributed by atoms with Crippen molar-refractivity contribution in [3.05, 3.63) is 23.8 Å². The van der Waals surface area contributed by atoms with E-state index in [1.54, 1.807) is 0 Å². The van der Waals surface area contributed by atoms with E-state index in [0.29, 0.717) is 6.04 Å². The van der Waals surface area contributed by atoms with E-state index in [0.717, 1.165) is 17.8 Å². The van der Waals surface area contributed by atoms with Gasteiger partial charge in [0.2, 0.25) is 0 Å². The fraction of sp³-hybridized carbons (Fsp3) is 0.571. The molecule has 17 heavy (non-hydrogen) atoms. The first kappa shape index (κ1) is 12.2. The van der Waals surface area contributed by atoms with Crippen LogP contribution < -0.4 is 10.2 Å². The maximum atomic E-state index is 9.18. The van der Waals surface area contributed by atoms with Gasteiger partial charge in [0.15, 0.2) is 0 Å². The van der Waals surface area contributed by atoms with Crippen molar-refractivity contribution in [1.82, 2.24) is 0 Å². The standard InChI is InChI=1S/C14H22N2O/c1-10(2)16-13-6-5-11(8-17)7-12(13)15-9-14(16,3)4/h5-7,10,15,17H,8-9H2,1-4H3. The molecule has 0 aromatic heterocycles. The Labute approximate surface area is 103 Å². The Morgan fingerprint density at radius 2 is 2.12 bits per heavy atom. The van der Waals surface area contributed by atoms with E-state index in [1.165, 1.54) is 5.69 Å². The summed E-state index contributed by atoms with van der Waals surface area (Å²) in [7, 11) is 0. The van der Waals surface area contributed by atoms with Gasteiger partial charge in [-0.25, -0.2) is 0 Å². The van der Waals surface area contributed by atoms with Crippen LogP contribution in [0.4, 0.5) is 11.4 Å². The SMILES string of the molecule is CC(C)N1c2ccc(CO)cc2NCC1(C)C. The first-order valence-corrected chi connectivity index (χ1v) is 6.23. The molecule has 2 N–H and O–H groups in total. The molecule has 1 aliphatic heterocycles. The summed E-state index contributed by atoms with van der Waals surface area (Å²) in [6.07, 6.45) is 0. The largest absolute Gasteiger partial charge is 0.392 e. The highest BCUT2D eigenvalue weighted by atomic mass is 16.3. The number of nitrogens with zero attached hydrogens (tertiary/aromatic N) is 1. The molecular formula is C14H22N2O. The lowest BCUT2D eigenvalue weighted by atomic mass is 9.95.